The van der Waals surface area contributed by atoms with E-state index in [2.05, 4.69) is 26.2 Å². The van der Waals surface area contributed by atoms with E-state index in [1.165, 1.54) is 12.3 Å². The summed E-state index contributed by atoms with van der Waals surface area (Å²) in [6.45, 7) is 1.66. The van der Waals surface area contributed by atoms with E-state index in [-0.39, 0.29) is 11.5 Å². The van der Waals surface area contributed by atoms with Crippen molar-refractivity contribution in [2.75, 3.05) is 5.32 Å². The van der Waals surface area contributed by atoms with Crippen LogP contribution in [0.2, 0.25) is 0 Å². The number of carbonyl (C=O) groups is 1. The number of pyridine rings is 1. The number of aliphatic carboxylic acids is 1. The molecule has 1 aromatic heterocycles. The topological polar surface area (TPSA) is 105 Å². The van der Waals surface area contributed by atoms with Gasteiger partial charge in [0, 0.05) is 16.7 Å². The van der Waals surface area contributed by atoms with E-state index >= 15 is 0 Å². The van der Waals surface area contributed by atoms with E-state index in [4.69, 9.17) is 5.11 Å². The SMILES string of the molecule is CCC(Nc1ncc(Br)cc1[N+](=O)[O-])C(=O)O. The van der Waals surface area contributed by atoms with Gasteiger partial charge >= 0.3 is 11.7 Å². The lowest BCUT2D eigenvalue weighted by Gasteiger charge is -2.12. The molecule has 0 fully saturated rings. The number of hydrogen-bond acceptors (Lipinski definition) is 5. The van der Waals surface area contributed by atoms with Gasteiger partial charge in [0.05, 0.1) is 4.92 Å². The largest absolute Gasteiger partial charge is 0.480 e. The summed E-state index contributed by atoms with van der Waals surface area (Å²) in [5.74, 6) is -1.13. The lowest BCUT2D eigenvalue weighted by atomic mass is 10.2. The number of carboxylic acids is 1. The van der Waals surface area contributed by atoms with Crippen LogP contribution < -0.4 is 5.32 Å². The zero-order chi connectivity index (χ0) is 13.0. The van der Waals surface area contributed by atoms with Crippen molar-refractivity contribution in [3.05, 3.63) is 26.9 Å². The average molecular weight is 304 g/mol. The highest BCUT2D eigenvalue weighted by molar-refractivity contribution is 9.10. The summed E-state index contributed by atoms with van der Waals surface area (Å²) >= 11 is 3.07. The molecule has 17 heavy (non-hydrogen) atoms. The third-order valence-electron chi connectivity index (χ3n) is 2.05. The Labute approximate surface area is 105 Å². The quantitative estimate of drug-likeness (QED) is 0.637. The van der Waals surface area contributed by atoms with Gasteiger partial charge in [-0.25, -0.2) is 9.78 Å². The van der Waals surface area contributed by atoms with Crippen molar-refractivity contribution in [2.45, 2.75) is 19.4 Å². The van der Waals surface area contributed by atoms with Crippen LogP contribution in [0.4, 0.5) is 11.5 Å². The minimum absolute atomic E-state index is 0.0487. The molecule has 2 N–H and O–H groups in total. The normalized spacial score (nSPS) is 11.9. The smallest absolute Gasteiger partial charge is 0.326 e. The van der Waals surface area contributed by atoms with Crippen LogP contribution in [-0.4, -0.2) is 27.0 Å². The summed E-state index contributed by atoms with van der Waals surface area (Å²) in [5, 5.41) is 22.2. The van der Waals surface area contributed by atoms with Gasteiger partial charge in [-0.1, -0.05) is 6.92 Å². The minimum atomic E-state index is -1.08. The Morgan fingerprint density at radius 3 is 2.88 bits per heavy atom. The number of carboxylic acid groups (broad SMARTS) is 1. The van der Waals surface area contributed by atoms with Gasteiger partial charge in [-0.05, 0) is 22.4 Å². The fourth-order valence-corrected chi connectivity index (χ4v) is 1.50. The summed E-state index contributed by atoms with van der Waals surface area (Å²) < 4.78 is 0.457. The van der Waals surface area contributed by atoms with Gasteiger partial charge < -0.3 is 10.4 Å². The predicted octanol–water partition coefficient (Wildman–Crippen LogP) is 2.03. The second kappa shape index (κ2) is 5.58. The number of nitro groups is 1. The molecule has 1 heterocycles. The number of rotatable bonds is 5. The molecule has 0 aliphatic heterocycles. The van der Waals surface area contributed by atoms with Crippen molar-refractivity contribution in [2.24, 2.45) is 0 Å². The van der Waals surface area contributed by atoms with Crippen LogP contribution in [0.1, 0.15) is 13.3 Å². The van der Waals surface area contributed by atoms with Crippen LogP contribution in [0.25, 0.3) is 0 Å². The Morgan fingerprint density at radius 1 is 1.76 bits per heavy atom. The molecule has 0 aromatic carbocycles. The van der Waals surface area contributed by atoms with E-state index < -0.39 is 16.9 Å². The fourth-order valence-electron chi connectivity index (χ4n) is 1.18. The van der Waals surface area contributed by atoms with Crippen LogP contribution in [-0.2, 0) is 4.79 Å². The molecule has 7 nitrogen and oxygen atoms in total. The Morgan fingerprint density at radius 2 is 2.41 bits per heavy atom. The number of halogens is 1. The van der Waals surface area contributed by atoms with E-state index in [1.807, 2.05) is 0 Å². The molecule has 0 radical (unpaired) electrons. The van der Waals surface area contributed by atoms with Crippen LogP contribution in [0.5, 0.6) is 0 Å². The van der Waals surface area contributed by atoms with Gasteiger partial charge in [0.25, 0.3) is 0 Å². The van der Waals surface area contributed by atoms with Crippen LogP contribution in [0.15, 0.2) is 16.7 Å². The van der Waals surface area contributed by atoms with E-state index in [9.17, 15) is 14.9 Å². The van der Waals surface area contributed by atoms with Gasteiger partial charge in [-0.15, -0.1) is 0 Å². The molecular weight excluding hydrogens is 294 g/mol. The number of anilines is 1. The molecule has 1 aromatic rings. The maximum atomic E-state index is 10.8. The van der Waals surface area contributed by atoms with Gasteiger partial charge in [0.2, 0.25) is 5.82 Å². The van der Waals surface area contributed by atoms with Crippen LogP contribution in [0, 0.1) is 10.1 Å². The first-order chi connectivity index (χ1) is 7.95. The Balaban J connectivity index is 3.05. The lowest BCUT2D eigenvalue weighted by molar-refractivity contribution is -0.384. The fraction of sp³-hybridized carbons (Fsp3) is 0.333. The van der Waals surface area contributed by atoms with Crippen LogP contribution >= 0.6 is 15.9 Å². The minimum Gasteiger partial charge on any atom is -0.480 e. The maximum absolute atomic E-state index is 10.8. The third-order valence-corrected chi connectivity index (χ3v) is 2.48. The number of nitrogens with zero attached hydrogens (tertiary/aromatic N) is 2. The molecule has 92 valence electrons. The van der Waals surface area contributed by atoms with Crippen molar-refractivity contribution in [3.8, 4) is 0 Å². The molecule has 0 saturated heterocycles. The lowest BCUT2D eigenvalue weighted by Crippen LogP contribution is -2.29. The van der Waals surface area contributed by atoms with Crippen LogP contribution in [0.3, 0.4) is 0 Å². The average Bonchev–Trinajstić information content (AvgIpc) is 2.26. The number of aromatic nitrogens is 1. The first-order valence-electron chi connectivity index (χ1n) is 4.75. The second-order valence-corrected chi connectivity index (χ2v) is 4.14. The van der Waals surface area contributed by atoms with Crippen molar-refractivity contribution >= 4 is 33.4 Å². The molecule has 0 spiro atoms. The monoisotopic (exact) mass is 303 g/mol. The van der Waals surface area contributed by atoms with E-state index in [0.717, 1.165) is 0 Å². The van der Waals surface area contributed by atoms with Crippen molar-refractivity contribution in [1.82, 2.24) is 4.98 Å². The first kappa shape index (κ1) is 13.4. The second-order valence-electron chi connectivity index (χ2n) is 3.22. The third kappa shape index (κ3) is 3.38. The van der Waals surface area contributed by atoms with Gasteiger partial charge in [-0.2, -0.15) is 0 Å². The zero-order valence-corrected chi connectivity index (χ0v) is 10.5. The highest BCUT2D eigenvalue weighted by atomic mass is 79.9. The molecular formula is C9H10BrN3O4. The number of nitrogens with one attached hydrogen (secondary N) is 1. The highest BCUT2D eigenvalue weighted by Crippen LogP contribution is 2.26. The van der Waals surface area contributed by atoms with Crippen molar-refractivity contribution < 1.29 is 14.8 Å². The Kier molecular flexibility index (Phi) is 4.38. The predicted molar refractivity (Wildman–Crippen MR) is 63.9 cm³/mol. The van der Waals surface area contributed by atoms with Crippen molar-refractivity contribution in [3.63, 3.8) is 0 Å². The molecule has 0 aliphatic carbocycles. The summed E-state index contributed by atoms with van der Waals surface area (Å²) in [6, 6.07) is 0.367. The molecule has 0 bridgehead atoms. The van der Waals surface area contributed by atoms with E-state index in [0.29, 0.717) is 10.9 Å². The van der Waals surface area contributed by atoms with E-state index in [1.54, 1.807) is 6.92 Å². The zero-order valence-electron chi connectivity index (χ0n) is 8.88. The molecule has 1 unspecified atom stereocenters. The molecule has 1 atom stereocenters. The summed E-state index contributed by atoms with van der Waals surface area (Å²) in [5.41, 5.74) is -0.265. The molecule has 1 rings (SSSR count). The summed E-state index contributed by atoms with van der Waals surface area (Å²) in [6.07, 6.45) is 1.66. The Hall–Kier alpha value is -1.70. The van der Waals surface area contributed by atoms with Crippen molar-refractivity contribution in [1.29, 1.82) is 0 Å². The standard InChI is InChI=1S/C9H10BrN3O4/c1-2-6(9(14)15)12-8-7(13(16)17)3-5(10)4-11-8/h3-4,6H,2H2,1H3,(H,11,12)(H,14,15). The summed E-state index contributed by atoms with van der Waals surface area (Å²) in [7, 11) is 0. The Bertz CT molecular complexity index is 452. The van der Waals surface area contributed by atoms with Gasteiger partial charge in [0.1, 0.15) is 6.04 Å². The molecule has 0 amide bonds. The maximum Gasteiger partial charge on any atom is 0.326 e. The first-order valence-corrected chi connectivity index (χ1v) is 5.54. The summed E-state index contributed by atoms with van der Waals surface area (Å²) in [4.78, 5) is 24.8. The molecule has 0 saturated carbocycles. The molecule has 8 heteroatoms. The van der Waals surface area contributed by atoms with Gasteiger partial charge in [0.15, 0.2) is 0 Å². The molecule has 0 aliphatic rings. The number of hydrogen-bond donors (Lipinski definition) is 2. The highest BCUT2D eigenvalue weighted by Gasteiger charge is 2.21. The van der Waals surface area contributed by atoms with Gasteiger partial charge in [-0.3, -0.25) is 10.1 Å².